The molecule has 0 radical (unpaired) electrons. The van der Waals surface area contributed by atoms with Crippen molar-refractivity contribution < 1.29 is 29.7 Å². The number of carboxylic acids is 3. The van der Waals surface area contributed by atoms with Crippen LogP contribution in [0, 0.1) is 5.92 Å². The van der Waals surface area contributed by atoms with Crippen molar-refractivity contribution in [3.63, 3.8) is 0 Å². The molecule has 0 aliphatic rings. The minimum absolute atomic E-state index is 0.0743. The van der Waals surface area contributed by atoms with E-state index >= 15 is 0 Å². The van der Waals surface area contributed by atoms with E-state index < -0.39 is 30.0 Å². The Balaban J connectivity index is 0.000000636. The molecule has 152 valence electrons. The van der Waals surface area contributed by atoms with Crippen LogP contribution in [0.2, 0.25) is 0 Å². The standard InChI is InChI=1S/C13H17NO4.C6H13NO2/c15-12(16)8-9-14-11(13(17)18)7-6-10-4-2-1-3-5-10;1-4(2)3-5(7)6(8)9/h1-5,11,14H,6-9H2,(H,15,16)(H,17,18);4-5H,3,7H2,1-2H3,(H,8,9)/t11-;5-/m10/s1. The van der Waals surface area contributed by atoms with E-state index in [4.69, 9.17) is 21.1 Å². The van der Waals surface area contributed by atoms with E-state index in [1.54, 1.807) is 0 Å². The van der Waals surface area contributed by atoms with Gasteiger partial charge >= 0.3 is 17.9 Å². The number of hydrogen-bond acceptors (Lipinski definition) is 5. The van der Waals surface area contributed by atoms with Crippen LogP contribution in [0.3, 0.4) is 0 Å². The van der Waals surface area contributed by atoms with Gasteiger partial charge in [-0.1, -0.05) is 44.2 Å². The first-order valence-corrected chi connectivity index (χ1v) is 8.83. The van der Waals surface area contributed by atoms with Crippen LogP contribution in [0.4, 0.5) is 0 Å². The average Bonchev–Trinajstić information content (AvgIpc) is 2.58. The first-order valence-electron chi connectivity index (χ1n) is 8.83. The minimum atomic E-state index is -0.948. The quantitative estimate of drug-likeness (QED) is 0.387. The summed E-state index contributed by atoms with van der Waals surface area (Å²) in [6.07, 6.45) is 1.57. The first-order chi connectivity index (χ1) is 12.6. The Labute approximate surface area is 159 Å². The van der Waals surface area contributed by atoms with E-state index in [1.807, 2.05) is 44.2 Å². The van der Waals surface area contributed by atoms with Crippen molar-refractivity contribution in [1.82, 2.24) is 5.32 Å². The van der Waals surface area contributed by atoms with Crippen LogP contribution in [-0.2, 0) is 20.8 Å². The average molecular weight is 382 g/mol. The Morgan fingerprint density at radius 1 is 1.04 bits per heavy atom. The van der Waals surface area contributed by atoms with Crippen molar-refractivity contribution in [2.24, 2.45) is 11.7 Å². The Morgan fingerprint density at radius 2 is 1.63 bits per heavy atom. The van der Waals surface area contributed by atoms with Crippen molar-refractivity contribution in [2.45, 2.75) is 51.6 Å². The van der Waals surface area contributed by atoms with Gasteiger partial charge in [-0.15, -0.1) is 0 Å². The Kier molecular flexibility index (Phi) is 12.5. The SMILES string of the molecule is CC(C)C[C@H](N)C(=O)O.O=C(O)CCN[C@H](CCc1ccccc1)C(=O)O. The third-order valence-electron chi connectivity index (χ3n) is 3.63. The van der Waals surface area contributed by atoms with E-state index in [1.165, 1.54) is 0 Å². The third-order valence-corrected chi connectivity index (χ3v) is 3.63. The maximum absolute atomic E-state index is 11.0. The van der Waals surface area contributed by atoms with Gasteiger partial charge in [0.25, 0.3) is 0 Å². The van der Waals surface area contributed by atoms with Crippen LogP contribution in [0.15, 0.2) is 30.3 Å². The number of benzene rings is 1. The predicted molar refractivity (Wildman–Crippen MR) is 102 cm³/mol. The molecule has 0 heterocycles. The minimum Gasteiger partial charge on any atom is -0.481 e. The topological polar surface area (TPSA) is 150 Å². The molecule has 8 nitrogen and oxygen atoms in total. The highest BCUT2D eigenvalue weighted by Crippen LogP contribution is 2.05. The van der Waals surface area contributed by atoms with Gasteiger partial charge in [0.1, 0.15) is 12.1 Å². The van der Waals surface area contributed by atoms with E-state index in [-0.39, 0.29) is 13.0 Å². The highest BCUT2D eigenvalue weighted by Gasteiger charge is 2.16. The fourth-order valence-electron chi connectivity index (χ4n) is 2.23. The Morgan fingerprint density at radius 3 is 2.04 bits per heavy atom. The van der Waals surface area contributed by atoms with Crippen LogP contribution < -0.4 is 11.1 Å². The maximum atomic E-state index is 11.0. The van der Waals surface area contributed by atoms with E-state index in [0.29, 0.717) is 25.2 Å². The van der Waals surface area contributed by atoms with Gasteiger partial charge in [0.05, 0.1) is 6.42 Å². The largest absolute Gasteiger partial charge is 0.481 e. The molecule has 1 aromatic carbocycles. The molecule has 1 rings (SSSR count). The van der Waals surface area contributed by atoms with Crippen LogP contribution >= 0.6 is 0 Å². The van der Waals surface area contributed by atoms with Crippen LogP contribution in [0.1, 0.15) is 38.7 Å². The molecule has 0 unspecified atom stereocenters. The van der Waals surface area contributed by atoms with E-state index in [2.05, 4.69) is 5.32 Å². The zero-order valence-electron chi connectivity index (χ0n) is 15.8. The van der Waals surface area contributed by atoms with Gasteiger partial charge in [-0.2, -0.15) is 0 Å². The highest BCUT2D eigenvalue weighted by molar-refractivity contribution is 5.73. The molecule has 0 aromatic heterocycles. The molecule has 6 N–H and O–H groups in total. The highest BCUT2D eigenvalue weighted by atomic mass is 16.4. The molecule has 27 heavy (non-hydrogen) atoms. The molecule has 0 bridgehead atoms. The molecule has 0 saturated heterocycles. The number of hydrogen-bond donors (Lipinski definition) is 5. The lowest BCUT2D eigenvalue weighted by Crippen LogP contribution is -2.38. The summed E-state index contributed by atoms with van der Waals surface area (Å²) in [5, 5.41) is 28.5. The molecule has 8 heteroatoms. The Bertz CT molecular complexity index is 577. The molecular formula is C19H30N2O6. The number of aliphatic carboxylic acids is 3. The first kappa shape index (κ1) is 24.6. The maximum Gasteiger partial charge on any atom is 0.320 e. The van der Waals surface area contributed by atoms with Crippen LogP contribution in [0.5, 0.6) is 0 Å². The molecule has 1 aromatic rings. The summed E-state index contributed by atoms with van der Waals surface area (Å²) in [6, 6.07) is 8.20. The Hall–Kier alpha value is -2.45. The number of aryl methyl sites for hydroxylation is 1. The van der Waals surface area contributed by atoms with Crippen molar-refractivity contribution in [1.29, 1.82) is 0 Å². The van der Waals surface area contributed by atoms with Gasteiger partial charge in [-0.25, -0.2) is 0 Å². The summed E-state index contributed by atoms with van der Waals surface area (Å²) < 4.78 is 0. The van der Waals surface area contributed by atoms with Crippen molar-refractivity contribution in [2.75, 3.05) is 6.54 Å². The third kappa shape index (κ3) is 13.4. The summed E-state index contributed by atoms with van der Waals surface area (Å²) in [7, 11) is 0. The number of carboxylic acid groups (broad SMARTS) is 3. The molecule has 0 aliphatic carbocycles. The van der Waals surface area contributed by atoms with Crippen molar-refractivity contribution in [3.8, 4) is 0 Å². The van der Waals surface area contributed by atoms with Gasteiger partial charge in [-0.3, -0.25) is 14.4 Å². The predicted octanol–water partition coefficient (Wildman–Crippen LogP) is 1.58. The lowest BCUT2D eigenvalue weighted by atomic mass is 10.1. The summed E-state index contributed by atoms with van der Waals surface area (Å²) in [5.74, 6) is -2.44. The monoisotopic (exact) mass is 382 g/mol. The van der Waals surface area contributed by atoms with E-state index in [0.717, 1.165) is 5.56 Å². The van der Waals surface area contributed by atoms with Crippen LogP contribution in [0.25, 0.3) is 0 Å². The molecular weight excluding hydrogens is 352 g/mol. The van der Waals surface area contributed by atoms with Gasteiger partial charge < -0.3 is 26.4 Å². The second kappa shape index (κ2) is 13.7. The zero-order chi connectivity index (χ0) is 20.8. The van der Waals surface area contributed by atoms with E-state index in [9.17, 15) is 14.4 Å². The summed E-state index contributed by atoms with van der Waals surface area (Å²) in [4.78, 5) is 31.4. The zero-order valence-corrected chi connectivity index (χ0v) is 15.8. The fraction of sp³-hybridized carbons (Fsp3) is 0.526. The number of carbonyl (C=O) groups is 3. The van der Waals surface area contributed by atoms with Crippen LogP contribution in [-0.4, -0.2) is 51.9 Å². The molecule has 0 aliphatic heterocycles. The smallest absolute Gasteiger partial charge is 0.320 e. The van der Waals surface area contributed by atoms with Gasteiger partial charge in [0.2, 0.25) is 0 Å². The molecule has 0 amide bonds. The van der Waals surface area contributed by atoms with Crippen molar-refractivity contribution in [3.05, 3.63) is 35.9 Å². The molecule has 2 atom stereocenters. The normalized spacial score (nSPS) is 12.6. The molecule has 0 saturated carbocycles. The number of rotatable bonds is 11. The van der Waals surface area contributed by atoms with Gasteiger partial charge in [0.15, 0.2) is 0 Å². The second-order valence-electron chi connectivity index (χ2n) is 6.59. The van der Waals surface area contributed by atoms with Crippen molar-refractivity contribution >= 4 is 17.9 Å². The summed E-state index contributed by atoms with van der Waals surface area (Å²) in [6.45, 7) is 4.06. The number of nitrogens with one attached hydrogen (secondary N) is 1. The molecule has 0 fully saturated rings. The fourth-order valence-corrected chi connectivity index (χ4v) is 2.23. The number of nitrogens with two attached hydrogens (primary N) is 1. The van der Waals surface area contributed by atoms with Gasteiger partial charge in [-0.05, 0) is 30.7 Å². The van der Waals surface area contributed by atoms with Gasteiger partial charge in [0, 0.05) is 6.54 Å². The summed E-state index contributed by atoms with van der Waals surface area (Å²) >= 11 is 0. The summed E-state index contributed by atoms with van der Waals surface area (Å²) in [5.41, 5.74) is 6.29. The lowest BCUT2D eigenvalue weighted by molar-refractivity contribution is -0.141. The second-order valence-corrected chi connectivity index (χ2v) is 6.59. The lowest BCUT2D eigenvalue weighted by Gasteiger charge is -2.13. The molecule has 0 spiro atoms.